The molecule has 0 saturated carbocycles. The van der Waals surface area contributed by atoms with Gasteiger partial charge in [0.2, 0.25) is 11.8 Å². The number of hydrogen-bond donors (Lipinski definition) is 3. The lowest BCUT2D eigenvalue weighted by atomic mass is 10.1. The normalized spacial score (nSPS) is 18.1. The van der Waals surface area contributed by atoms with Crippen LogP contribution in [0, 0.1) is 0 Å². The monoisotopic (exact) mass is 290 g/mol. The van der Waals surface area contributed by atoms with Gasteiger partial charge >= 0.3 is 0 Å². The SMILES string of the molecule is CCc1cc(C(=O)NC2CCC(=O)NC2=O)cc(NC)n1. The van der Waals surface area contributed by atoms with E-state index in [2.05, 4.69) is 20.9 Å². The zero-order chi connectivity index (χ0) is 15.4. The van der Waals surface area contributed by atoms with E-state index < -0.39 is 11.9 Å². The lowest BCUT2D eigenvalue weighted by Crippen LogP contribution is -2.52. The first kappa shape index (κ1) is 15.0. The number of nitrogens with one attached hydrogen (secondary N) is 3. The Morgan fingerprint density at radius 2 is 2.19 bits per heavy atom. The van der Waals surface area contributed by atoms with E-state index in [1.54, 1.807) is 19.2 Å². The number of imide groups is 1. The summed E-state index contributed by atoms with van der Waals surface area (Å²) in [6.07, 6.45) is 1.25. The summed E-state index contributed by atoms with van der Waals surface area (Å²) in [6, 6.07) is 2.65. The van der Waals surface area contributed by atoms with Crippen molar-refractivity contribution in [1.82, 2.24) is 15.6 Å². The minimum absolute atomic E-state index is 0.231. The molecular formula is C14H18N4O3. The molecule has 7 heteroatoms. The molecule has 1 aromatic rings. The molecule has 7 nitrogen and oxygen atoms in total. The van der Waals surface area contributed by atoms with E-state index in [-0.39, 0.29) is 18.2 Å². The summed E-state index contributed by atoms with van der Waals surface area (Å²) >= 11 is 0. The minimum atomic E-state index is -0.675. The first-order valence-corrected chi connectivity index (χ1v) is 6.86. The van der Waals surface area contributed by atoms with Gasteiger partial charge in [0, 0.05) is 24.7 Å². The van der Waals surface area contributed by atoms with Crippen molar-refractivity contribution in [2.75, 3.05) is 12.4 Å². The van der Waals surface area contributed by atoms with Crippen LogP contribution in [0.4, 0.5) is 5.82 Å². The van der Waals surface area contributed by atoms with Crippen molar-refractivity contribution in [2.45, 2.75) is 32.2 Å². The van der Waals surface area contributed by atoms with Gasteiger partial charge in [-0.3, -0.25) is 19.7 Å². The summed E-state index contributed by atoms with van der Waals surface area (Å²) in [4.78, 5) is 39.3. The van der Waals surface area contributed by atoms with Crippen LogP contribution in [0.25, 0.3) is 0 Å². The van der Waals surface area contributed by atoms with Crippen LogP contribution >= 0.6 is 0 Å². The molecule has 1 aromatic heterocycles. The smallest absolute Gasteiger partial charge is 0.252 e. The van der Waals surface area contributed by atoms with Gasteiger partial charge in [-0.15, -0.1) is 0 Å². The molecule has 0 aromatic carbocycles. The van der Waals surface area contributed by atoms with Gasteiger partial charge in [-0.2, -0.15) is 0 Å². The van der Waals surface area contributed by atoms with Crippen molar-refractivity contribution in [2.24, 2.45) is 0 Å². The maximum absolute atomic E-state index is 12.2. The highest BCUT2D eigenvalue weighted by molar-refractivity contribution is 6.03. The summed E-state index contributed by atoms with van der Waals surface area (Å²) in [5.74, 6) is -0.515. The van der Waals surface area contributed by atoms with Crippen LogP contribution in [0.2, 0.25) is 0 Å². The van der Waals surface area contributed by atoms with Gasteiger partial charge in [-0.25, -0.2) is 4.98 Å². The van der Waals surface area contributed by atoms with Crippen LogP contribution in [0.15, 0.2) is 12.1 Å². The largest absolute Gasteiger partial charge is 0.373 e. The van der Waals surface area contributed by atoms with Gasteiger partial charge in [-0.1, -0.05) is 6.92 Å². The van der Waals surface area contributed by atoms with Crippen LogP contribution in [0.5, 0.6) is 0 Å². The Morgan fingerprint density at radius 1 is 1.43 bits per heavy atom. The Balaban J connectivity index is 2.13. The Hall–Kier alpha value is -2.44. The highest BCUT2D eigenvalue weighted by Gasteiger charge is 2.28. The lowest BCUT2D eigenvalue weighted by Gasteiger charge is -2.22. The number of rotatable bonds is 4. The van der Waals surface area contributed by atoms with Crippen molar-refractivity contribution in [3.8, 4) is 0 Å². The third kappa shape index (κ3) is 3.56. The second-order valence-electron chi connectivity index (χ2n) is 4.81. The molecule has 0 spiro atoms. The van der Waals surface area contributed by atoms with Crippen molar-refractivity contribution in [3.63, 3.8) is 0 Å². The predicted octanol–water partition coefficient (Wildman–Crippen LogP) is 0.221. The second-order valence-corrected chi connectivity index (χ2v) is 4.81. The summed E-state index contributed by atoms with van der Waals surface area (Å²) in [5, 5.41) is 7.76. The van der Waals surface area contributed by atoms with Crippen LogP contribution in [-0.2, 0) is 16.0 Å². The molecule has 1 atom stereocenters. The van der Waals surface area contributed by atoms with Crippen LogP contribution < -0.4 is 16.0 Å². The number of amides is 3. The number of aryl methyl sites for hydroxylation is 1. The number of aromatic nitrogens is 1. The van der Waals surface area contributed by atoms with E-state index >= 15 is 0 Å². The molecule has 2 rings (SSSR count). The standard InChI is InChI=1S/C14H18N4O3/c1-3-9-6-8(7-11(15-2)16-9)13(20)17-10-4-5-12(19)18-14(10)21/h6-7,10H,3-5H2,1-2H3,(H,15,16)(H,17,20)(H,18,19,21). The van der Waals surface area contributed by atoms with Gasteiger partial charge in [0.15, 0.2) is 0 Å². The predicted molar refractivity (Wildman–Crippen MR) is 76.8 cm³/mol. The topological polar surface area (TPSA) is 100 Å². The molecule has 112 valence electrons. The Morgan fingerprint density at radius 3 is 2.81 bits per heavy atom. The fourth-order valence-electron chi connectivity index (χ4n) is 2.10. The average Bonchev–Trinajstić information content (AvgIpc) is 2.49. The summed E-state index contributed by atoms with van der Waals surface area (Å²) in [7, 11) is 1.73. The summed E-state index contributed by atoms with van der Waals surface area (Å²) < 4.78 is 0. The highest BCUT2D eigenvalue weighted by atomic mass is 16.2. The number of nitrogens with zero attached hydrogens (tertiary/aromatic N) is 1. The zero-order valence-corrected chi connectivity index (χ0v) is 12.0. The molecule has 0 bridgehead atoms. The fourth-order valence-corrected chi connectivity index (χ4v) is 2.10. The fraction of sp³-hybridized carbons (Fsp3) is 0.429. The number of anilines is 1. The highest BCUT2D eigenvalue weighted by Crippen LogP contribution is 2.12. The maximum Gasteiger partial charge on any atom is 0.252 e. The van der Waals surface area contributed by atoms with Crippen LogP contribution in [-0.4, -0.2) is 35.8 Å². The average molecular weight is 290 g/mol. The first-order chi connectivity index (χ1) is 10.0. The minimum Gasteiger partial charge on any atom is -0.373 e. The van der Waals surface area contributed by atoms with E-state index in [0.717, 1.165) is 5.69 Å². The van der Waals surface area contributed by atoms with Crippen LogP contribution in [0.3, 0.4) is 0 Å². The Bertz CT molecular complexity index is 563. The number of hydrogen-bond acceptors (Lipinski definition) is 5. The summed E-state index contributed by atoms with van der Waals surface area (Å²) in [6.45, 7) is 1.95. The van der Waals surface area contributed by atoms with Crippen LogP contribution in [0.1, 0.15) is 35.8 Å². The number of carbonyl (C=O) groups excluding carboxylic acids is 3. The molecule has 1 fully saturated rings. The Kier molecular flexibility index (Phi) is 4.52. The van der Waals surface area contributed by atoms with E-state index in [0.29, 0.717) is 24.2 Å². The van der Waals surface area contributed by atoms with E-state index in [1.807, 2.05) is 6.92 Å². The molecular weight excluding hydrogens is 272 g/mol. The van der Waals surface area contributed by atoms with Crippen molar-refractivity contribution < 1.29 is 14.4 Å². The van der Waals surface area contributed by atoms with Gasteiger partial charge in [0.1, 0.15) is 11.9 Å². The van der Waals surface area contributed by atoms with Gasteiger partial charge < -0.3 is 10.6 Å². The van der Waals surface area contributed by atoms with Crippen molar-refractivity contribution in [1.29, 1.82) is 0 Å². The molecule has 21 heavy (non-hydrogen) atoms. The molecule has 3 N–H and O–H groups in total. The quantitative estimate of drug-likeness (QED) is 0.689. The molecule has 1 aliphatic heterocycles. The third-order valence-electron chi connectivity index (χ3n) is 3.30. The second kappa shape index (κ2) is 6.34. The molecule has 1 unspecified atom stereocenters. The lowest BCUT2D eigenvalue weighted by molar-refractivity contribution is -0.134. The maximum atomic E-state index is 12.2. The van der Waals surface area contributed by atoms with E-state index in [1.165, 1.54) is 0 Å². The molecule has 2 heterocycles. The molecule has 3 amide bonds. The Labute approximate surface area is 122 Å². The molecule has 0 radical (unpaired) electrons. The number of pyridine rings is 1. The summed E-state index contributed by atoms with van der Waals surface area (Å²) in [5.41, 5.74) is 1.23. The molecule has 1 saturated heterocycles. The van der Waals surface area contributed by atoms with Crippen molar-refractivity contribution >= 4 is 23.5 Å². The van der Waals surface area contributed by atoms with E-state index in [4.69, 9.17) is 0 Å². The zero-order valence-electron chi connectivity index (χ0n) is 12.0. The van der Waals surface area contributed by atoms with Gasteiger partial charge in [-0.05, 0) is 25.0 Å². The molecule has 1 aliphatic rings. The number of piperidine rings is 1. The van der Waals surface area contributed by atoms with Gasteiger partial charge in [0.25, 0.3) is 5.91 Å². The number of carbonyl (C=O) groups is 3. The third-order valence-corrected chi connectivity index (χ3v) is 3.30. The van der Waals surface area contributed by atoms with Gasteiger partial charge in [0.05, 0.1) is 0 Å². The van der Waals surface area contributed by atoms with E-state index in [9.17, 15) is 14.4 Å². The first-order valence-electron chi connectivity index (χ1n) is 6.86. The molecule has 0 aliphatic carbocycles. The van der Waals surface area contributed by atoms with Crippen molar-refractivity contribution in [3.05, 3.63) is 23.4 Å².